The summed E-state index contributed by atoms with van der Waals surface area (Å²) in [6.07, 6.45) is 5.46. The highest BCUT2D eigenvalue weighted by Gasteiger charge is 2.51. The molecule has 3 rings (SSSR count). The van der Waals surface area contributed by atoms with Crippen LogP contribution in [0.25, 0.3) is 0 Å². The number of carbonyl (C=O) groups is 2. The highest BCUT2D eigenvalue weighted by atomic mass is 16.2. The Balaban J connectivity index is 1.53. The maximum Gasteiger partial charge on any atom is 0.226 e. The molecule has 3 fully saturated rings. The number of rotatable bonds is 2. The van der Waals surface area contributed by atoms with Crippen LogP contribution in [-0.4, -0.2) is 47.8 Å². The maximum absolute atomic E-state index is 12.5. The minimum absolute atomic E-state index is 0.0139. The fourth-order valence-corrected chi connectivity index (χ4v) is 3.99. The van der Waals surface area contributed by atoms with Gasteiger partial charge in [0.05, 0.1) is 11.8 Å². The van der Waals surface area contributed by atoms with Crippen LogP contribution in [0.4, 0.5) is 0 Å². The van der Waals surface area contributed by atoms with Gasteiger partial charge in [0.25, 0.3) is 0 Å². The van der Waals surface area contributed by atoms with Gasteiger partial charge in [-0.05, 0) is 43.9 Å². The number of nitrogens with zero attached hydrogens (tertiary/aromatic N) is 2. The lowest BCUT2D eigenvalue weighted by Gasteiger charge is -2.32. The van der Waals surface area contributed by atoms with Gasteiger partial charge in [-0.15, -0.1) is 0 Å². The van der Waals surface area contributed by atoms with Crippen molar-refractivity contribution in [1.82, 2.24) is 9.80 Å². The first kappa shape index (κ1) is 14.9. The predicted octanol–water partition coefficient (Wildman–Crippen LogP) is 2.14. The smallest absolute Gasteiger partial charge is 0.226 e. The second-order valence-corrected chi connectivity index (χ2v) is 7.51. The van der Waals surface area contributed by atoms with Crippen LogP contribution in [0, 0.1) is 23.7 Å². The lowest BCUT2D eigenvalue weighted by atomic mass is 9.99. The van der Waals surface area contributed by atoms with Crippen LogP contribution >= 0.6 is 0 Å². The molecule has 4 heteroatoms. The van der Waals surface area contributed by atoms with E-state index in [-0.39, 0.29) is 23.7 Å². The third-order valence-electron chi connectivity index (χ3n) is 5.36. The Hall–Kier alpha value is -1.06. The quantitative estimate of drug-likeness (QED) is 0.782. The number of hydrogen-bond donors (Lipinski definition) is 0. The number of likely N-dealkylation sites (tertiary alicyclic amines) is 2. The SMILES string of the molecule is CC1CCCN(C(=O)C2CC2C(=O)N2CCCC(C)C2)C1. The zero-order valence-electron chi connectivity index (χ0n) is 13.4. The molecule has 2 saturated heterocycles. The standard InChI is InChI=1S/C17H28N2O2/c1-12-5-3-7-18(10-12)16(20)14-9-15(14)17(21)19-8-4-6-13(2)11-19/h12-15H,3-11H2,1-2H3. The number of carbonyl (C=O) groups excluding carboxylic acids is 2. The molecule has 21 heavy (non-hydrogen) atoms. The van der Waals surface area contributed by atoms with Crippen molar-refractivity contribution >= 4 is 11.8 Å². The Morgan fingerprint density at radius 1 is 0.810 bits per heavy atom. The van der Waals surface area contributed by atoms with Gasteiger partial charge in [-0.2, -0.15) is 0 Å². The second kappa shape index (κ2) is 5.98. The molecule has 4 nitrogen and oxygen atoms in total. The second-order valence-electron chi connectivity index (χ2n) is 7.51. The normalized spacial score (nSPS) is 36.5. The zero-order chi connectivity index (χ0) is 15.0. The van der Waals surface area contributed by atoms with Crippen LogP contribution < -0.4 is 0 Å². The largest absolute Gasteiger partial charge is 0.342 e. The van der Waals surface area contributed by atoms with Gasteiger partial charge in [0, 0.05) is 26.2 Å². The molecule has 2 amide bonds. The fourth-order valence-electron chi connectivity index (χ4n) is 3.99. The minimum atomic E-state index is -0.0139. The van der Waals surface area contributed by atoms with Gasteiger partial charge in [0.15, 0.2) is 0 Å². The molecule has 0 aromatic carbocycles. The molecule has 1 aliphatic carbocycles. The van der Waals surface area contributed by atoms with E-state index in [9.17, 15) is 9.59 Å². The third kappa shape index (κ3) is 3.24. The molecule has 0 spiro atoms. The Kier molecular flexibility index (Phi) is 4.23. The van der Waals surface area contributed by atoms with Crippen molar-refractivity contribution in [2.45, 2.75) is 46.0 Å². The zero-order valence-corrected chi connectivity index (χ0v) is 13.4. The summed E-state index contributed by atoms with van der Waals surface area (Å²) in [5.41, 5.74) is 0. The summed E-state index contributed by atoms with van der Waals surface area (Å²) >= 11 is 0. The molecule has 4 unspecified atom stereocenters. The molecule has 0 aromatic heterocycles. The lowest BCUT2D eigenvalue weighted by Crippen LogP contribution is -2.42. The molecule has 2 heterocycles. The van der Waals surface area contributed by atoms with Crippen LogP contribution in [0.15, 0.2) is 0 Å². The molecule has 0 aromatic rings. The van der Waals surface area contributed by atoms with Crippen molar-refractivity contribution in [2.24, 2.45) is 23.7 Å². The molecule has 4 atom stereocenters. The van der Waals surface area contributed by atoms with Crippen molar-refractivity contribution < 1.29 is 9.59 Å². The van der Waals surface area contributed by atoms with Crippen molar-refractivity contribution in [3.05, 3.63) is 0 Å². The van der Waals surface area contributed by atoms with Gasteiger partial charge < -0.3 is 9.80 Å². The molecular weight excluding hydrogens is 264 g/mol. The Morgan fingerprint density at radius 3 is 1.62 bits per heavy atom. The maximum atomic E-state index is 12.5. The monoisotopic (exact) mass is 292 g/mol. The fraction of sp³-hybridized carbons (Fsp3) is 0.882. The Morgan fingerprint density at radius 2 is 1.24 bits per heavy atom. The lowest BCUT2D eigenvalue weighted by molar-refractivity contribution is -0.139. The van der Waals surface area contributed by atoms with Crippen molar-refractivity contribution in [3.63, 3.8) is 0 Å². The van der Waals surface area contributed by atoms with Gasteiger partial charge in [-0.3, -0.25) is 9.59 Å². The summed E-state index contributed by atoms with van der Waals surface area (Å²) in [5.74, 6) is 1.67. The highest BCUT2D eigenvalue weighted by Crippen LogP contribution is 2.42. The van der Waals surface area contributed by atoms with Gasteiger partial charge >= 0.3 is 0 Å². The molecule has 0 radical (unpaired) electrons. The van der Waals surface area contributed by atoms with Crippen LogP contribution in [0.5, 0.6) is 0 Å². The van der Waals surface area contributed by atoms with Crippen molar-refractivity contribution in [3.8, 4) is 0 Å². The van der Waals surface area contributed by atoms with E-state index < -0.39 is 0 Å². The molecule has 0 bridgehead atoms. The summed E-state index contributed by atoms with van der Waals surface area (Å²) in [6.45, 7) is 7.98. The summed E-state index contributed by atoms with van der Waals surface area (Å²) in [5, 5.41) is 0. The van der Waals surface area contributed by atoms with E-state index in [1.54, 1.807) is 0 Å². The molecule has 0 N–H and O–H groups in total. The third-order valence-corrected chi connectivity index (χ3v) is 5.36. The van der Waals surface area contributed by atoms with Crippen LogP contribution in [0.1, 0.15) is 46.0 Å². The number of amides is 2. The Labute approximate surface area is 127 Å². The highest BCUT2D eigenvalue weighted by molar-refractivity contribution is 5.92. The van der Waals surface area contributed by atoms with Crippen LogP contribution in [0.3, 0.4) is 0 Å². The molecular formula is C17H28N2O2. The van der Waals surface area contributed by atoms with Gasteiger partial charge in [-0.1, -0.05) is 13.8 Å². The summed E-state index contributed by atoms with van der Waals surface area (Å²) < 4.78 is 0. The molecule has 2 aliphatic heterocycles. The molecule has 1 saturated carbocycles. The van der Waals surface area contributed by atoms with E-state index in [1.165, 1.54) is 12.8 Å². The van der Waals surface area contributed by atoms with Crippen molar-refractivity contribution in [2.75, 3.05) is 26.2 Å². The average Bonchev–Trinajstić information content (AvgIpc) is 3.26. The Bertz CT molecular complexity index is 385. The van der Waals surface area contributed by atoms with E-state index >= 15 is 0 Å². The molecule has 118 valence electrons. The first-order valence-electron chi connectivity index (χ1n) is 8.64. The topological polar surface area (TPSA) is 40.6 Å². The van der Waals surface area contributed by atoms with Crippen LogP contribution in [0.2, 0.25) is 0 Å². The number of hydrogen-bond acceptors (Lipinski definition) is 2. The summed E-state index contributed by atoms with van der Waals surface area (Å²) in [4.78, 5) is 29.1. The van der Waals surface area contributed by atoms with E-state index in [0.717, 1.165) is 45.4 Å². The average molecular weight is 292 g/mol. The predicted molar refractivity (Wildman–Crippen MR) is 81.6 cm³/mol. The van der Waals surface area contributed by atoms with E-state index in [2.05, 4.69) is 13.8 Å². The minimum Gasteiger partial charge on any atom is -0.342 e. The van der Waals surface area contributed by atoms with Crippen molar-refractivity contribution in [1.29, 1.82) is 0 Å². The number of piperidine rings is 2. The summed E-state index contributed by atoms with van der Waals surface area (Å²) in [6, 6.07) is 0. The van der Waals surface area contributed by atoms with Gasteiger partial charge in [-0.25, -0.2) is 0 Å². The summed E-state index contributed by atoms with van der Waals surface area (Å²) in [7, 11) is 0. The van der Waals surface area contributed by atoms with Crippen LogP contribution in [-0.2, 0) is 9.59 Å². The first-order valence-corrected chi connectivity index (χ1v) is 8.64. The van der Waals surface area contributed by atoms with E-state index in [1.807, 2.05) is 9.80 Å². The van der Waals surface area contributed by atoms with Gasteiger partial charge in [0.2, 0.25) is 11.8 Å². The van der Waals surface area contributed by atoms with Gasteiger partial charge in [0.1, 0.15) is 0 Å². The van der Waals surface area contributed by atoms with E-state index in [4.69, 9.17) is 0 Å². The van der Waals surface area contributed by atoms with E-state index in [0.29, 0.717) is 11.8 Å². The first-order chi connectivity index (χ1) is 10.1. The molecule has 3 aliphatic rings.